The van der Waals surface area contributed by atoms with Gasteiger partial charge in [-0.3, -0.25) is 14.3 Å². The minimum Gasteiger partial charge on any atom is -0.478 e. The molecule has 1 N–H and O–H groups in total. The van der Waals surface area contributed by atoms with Crippen molar-refractivity contribution in [3.05, 3.63) is 70.9 Å². The molecule has 5 heteroatoms. The lowest BCUT2D eigenvalue weighted by Crippen LogP contribution is -2.18. The zero-order chi connectivity index (χ0) is 14.1. The molecule has 0 aliphatic rings. The third kappa shape index (κ3) is 1.95. The number of hydrogen-bond acceptors (Lipinski definition) is 3. The van der Waals surface area contributed by atoms with E-state index >= 15 is 0 Å². The summed E-state index contributed by atoms with van der Waals surface area (Å²) >= 11 is 0. The summed E-state index contributed by atoms with van der Waals surface area (Å²) in [7, 11) is 0. The van der Waals surface area contributed by atoms with Crippen molar-refractivity contribution >= 4 is 16.7 Å². The smallest absolute Gasteiger partial charge is 0.337 e. The molecule has 0 unspecified atom stereocenters. The van der Waals surface area contributed by atoms with E-state index in [1.54, 1.807) is 18.5 Å². The summed E-state index contributed by atoms with van der Waals surface area (Å²) in [5.74, 6) is -1.07. The molecule has 3 rings (SSSR count). The molecule has 2 aromatic heterocycles. The summed E-state index contributed by atoms with van der Waals surface area (Å²) in [4.78, 5) is 27.1. The number of nitrogens with zero attached hydrogens (tertiary/aromatic N) is 2. The predicted octanol–water partition coefficient (Wildman–Crippen LogP) is 2.08. The van der Waals surface area contributed by atoms with E-state index in [4.69, 9.17) is 5.11 Å². The number of benzene rings is 1. The number of hydrogen-bond donors (Lipinski definition) is 1. The molecule has 0 saturated carbocycles. The first-order chi connectivity index (χ1) is 9.66. The van der Waals surface area contributed by atoms with Crippen molar-refractivity contribution in [1.29, 1.82) is 0 Å². The molecule has 1 aromatic carbocycles. The SMILES string of the molecule is O=C(O)c1ccc(=O)n(-c2cccc3ccncc23)c1. The largest absolute Gasteiger partial charge is 0.478 e. The first-order valence-electron chi connectivity index (χ1n) is 5.96. The molecule has 0 aliphatic carbocycles. The Kier molecular flexibility index (Phi) is 2.80. The van der Waals surface area contributed by atoms with Gasteiger partial charge in [0.1, 0.15) is 0 Å². The van der Waals surface area contributed by atoms with Crippen LogP contribution in [0, 0.1) is 0 Å². The van der Waals surface area contributed by atoms with Crippen molar-refractivity contribution in [3.8, 4) is 5.69 Å². The molecule has 0 aliphatic heterocycles. The van der Waals surface area contributed by atoms with Crippen molar-refractivity contribution in [2.75, 3.05) is 0 Å². The normalized spacial score (nSPS) is 10.6. The molecule has 5 nitrogen and oxygen atoms in total. The standard InChI is InChI=1S/C15H10N2O3/c18-14-5-4-11(15(19)20)9-17(14)13-3-1-2-10-6-7-16-8-12(10)13/h1-9H,(H,19,20). The third-order valence-electron chi connectivity index (χ3n) is 3.08. The minimum absolute atomic E-state index is 0.0606. The van der Waals surface area contributed by atoms with Crippen LogP contribution in [-0.4, -0.2) is 20.6 Å². The van der Waals surface area contributed by atoms with Gasteiger partial charge in [0.15, 0.2) is 0 Å². The molecular formula is C15H10N2O3. The van der Waals surface area contributed by atoms with Crippen LogP contribution in [-0.2, 0) is 0 Å². The number of fused-ring (bicyclic) bond motifs is 1. The van der Waals surface area contributed by atoms with E-state index in [1.807, 2.05) is 18.2 Å². The Labute approximate surface area is 113 Å². The monoisotopic (exact) mass is 266 g/mol. The van der Waals surface area contributed by atoms with E-state index in [0.717, 1.165) is 10.8 Å². The van der Waals surface area contributed by atoms with Crippen LogP contribution in [0.3, 0.4) is 0 Å². The summed E-state index contributed by atoms with van der Waals surface area (Å²) in [5.41, 5.74) is 0.389. The first kappa shape index (κ1) is 12.1. The molecule has 0 saturated heterocycles. The summed E-state index contributed by atoms with van der Waals surface area (Å²) in [6.45, 7) is 0. The van der Waals surface area contributed by atoms with Crippen LogP contribution in [0.5, 0.6) is 0 Å². The number of aromatic nitrogens is 2. The maximum Gasteiger partial charge on any atom is 0.337 e. The van der Waals surface area contributed by atoms with E-state index < -0.39 is 5.97 Å². The molecule has 3 aromatic rings. The Bertz CT molecular complexity index is 863. The van der Waals surface area contributed by atoms with Crippen LogP contribution in [0.4, 0.5) is 0 Å². The Morgan fingerprint density at radius 3 is 2.80 bits per heavy atom. The van der Waals surface area contributed by atoms with Gasteiger partial charge in [0.05, 0.1) is 11.3 Å². The number of rotatable bonds is 2. The highest BCUT2D eigenvalue weighted by Gasteiger charge is 2.09. The number of carboxylic acid groups (broad SMARTS) is 1. The van der Waals surface area contributed by atoms with Gasteiger partial charge in [0.2, 0.25) is 0 Å². The molecule has 0 amide bonds. The van der Waals surface area contributed by atoms with Gasteiger partial charge in [-0.1, -0.05) is 12.1 Å². The van der Waals surface area contributed by atoms with E-state index in [-0.39, 0.29) is 11.1 Å². The van der Waals surface area contributed by atoms with Crippen LogP contribution in [0.2, 0.25) is 0 Å². The van der Waals surface area contributed by atoms with E-state index in [0.29, 0.717) is 5.69 Å². The Hall–Kier alpha value is -2.95. The van der Waals surface area contributed by atoms with Crippen molar-refractivity contribution < 1.29 is 9.90 Å². The van der Waals surface area contributed by atoms with Gasteiger partial charge in [0, 0.05) is 30.0 Å². The van der Waals surface area contributed by atoms with Crippen LogP contribution < -0.4 is 5.56 Å². The van der Waals surface area contributed by atoms with E-state index in [1.165, 1.54) is 22.9 Å². The molecule has 0 atom stereocenters. The summed E-state index contributed by atoms with van der Waals surface area (Å²) in [6.07, 6.45) is 4.65. The fourth-order valence-electron chi connectivity index (χ4n) is 2.11. The lowest BCUT2D eigenvalue weighted by molar-refractivity contribution is 0.0696. The molecule has 98 valence electrons. The Balaban J connectivity index is 2.33. The number of carbonyl (C=O) groups is 1. The maximum absolute atomic E-state index is 12.0. The number of pyridine rings is 2. The zero-order valence-corrected chi connectivity index (χ0v) is 10.4. The van der Waals surface area contributed by atoms with Crippen LogP contribution in [0.1, 0.15) is 10.4 Å². The lowest BCUT2D eigenvalue weighted by Gasteiger charge is -2.09. The third-order valence-corrected chi connectivity index (χ3v) is 3.08. The second kappa shape index (κ2) is 4.62. The van der Waals surface area contributed by atoms with Gasteiger partial charge in [-0.05, 0) is 23.6 Å². The summed E-state index contributed by atoms with van der Waals surface area (Å²) in [6, 6.07) is 9.87. The van der Waals surface area contributed by atoms with Crippen molar-refractivity contribution in [1.82, 2.24) is 9.55 Å². The highest BCUT2D eigenvalue weighted by atomic mass is 16.4. The highest BCUT2D eigenvalue weighted by molar-refractivity contribution is 5.90. The topological polar surface area (TPSA) is 72.2 Å². The van der Waals surface area contributed by atoms with Gasteiger partial charge in [-0.25, -0.2) is 4.79 Å². The van der Waals surface area contributed by atoms with Gasteiger partial charge >= 0.3 is 5.97 Å². The molecule has 0 spiro atoms. The molecule has 2 heterocycles. The van der Waals surface area contributed by atoms with Crippen molar-refractivity contribution in [2.24, 2.45) is 0 Å². The van der Waals surface area contributed by atoms with Gasteiger partial charge in [-0.15, -0.1) is 0 Å². The predicted molar refractivity (Wildman–Crippen MR) is 74.3 cm³/mol. The Morgan fingerprint density at radius 2 is 2.00 bits per heavy atom. The maximum atomic E-state index is 12.0. The number of carboxylic acids is 1. The second-order valence-electron chi connectivity index (χ2n) is 4.31. The van der Waals surface area contributed by atoms with Gasteiger partial charge in [0.25, 0.3) is 5.56 Å². The molecule has 20 heavy (non-hydrogen) atoms. The van der Waals surface area contributed by atoms with Gasteiger partial charge < -0.3 is 5.11 Å². The summed E-state index contributed by atoms with van der Waals surface area (Å²) in [5, 5.41) is 10.8. The minimum atomic E-state index is -1.07. The highest BCUT2D eigenvalue weighted by Crippen LogP contribution is 2.20. The first-order valence-corrected chi connectivity index (χ1v) is 5.96. The van der Waals surface area contributed by atoms with E-state index in [9.17, 15) is 9.59 Å². The fraction of sp³-hybridized carbons (Fsp3) is 0. The fourth-order valence-corrected chi connectivity index (χ4v) is 2.11. The lowest BCUT2D eigenvalue weighted by atomic mass is 10.1. The van der Waals surface area contributed by atoms with Crippen LogP contribution in [0.25, 0.3) is 16.5 Å². The molecule has 0 bridgehead atoms. The molecule has 0 radical (unpaired) electrons. The second-order valence-corrected chi connectivity index (χ2v) is 4.31. The van der Waals surface area contributed by atoms with Crippen LogP contribution in [0.15, 0.2) is 59.8 Å². The van der Waals surface area contributed by atoms with Crippen molar-refractivity contribution in [2.45, 2.75) is 0 Å². The van der Waals surface area contributed by atoms with Crippen LogP contribution >= 0.6 is 0 Å². The molecule has 0 fully saturated rings. The zero-order valence-electron chi connectivity index (χ0n) is 10.4. The molecular weight excluding hydrogens is 256 g/mol. The average Bonchev–Trinajstić information content (AvgIpc) is 2.47. The Morgan fingerprint density at radius 1 is 1.15 bits per heavy atom. The van der Waals surface area contributed by atoms with Gasteiger partial charge in [-0.2, -0.15) is 0 Å². The number of aromatic carboxylic acids is 1. The summed E-state index contributed by atoms with van der Waals surface area (Å²) < 4.78 is 1.33. The van der Waals surface area contributed by atoms with Crippen molar-refractivity contribution in [3.63, 3.8) is 0 Å². The average molecular weight is 266 g/mol. The van der Waals surface area contributed by atoms with E-state index in [2.05, 4.69) is 4.98 Å². The quantitative estimate of drug-likeness (QED) is 0.770.